The summed E-state index contributed by atoms with van der Waals surface area (Å²) in [5, 5.41) is 15.6. The van der Waals surface area contributed by atoms with Crippen LogP contribution in [0.4, 0.5) is 18.9 Å². The van der Waals surface area contributed by atoms with E-state index in [0.717, 1.165) is 6.92 Å². The minimum absolute atomic E-state index is 0.200. The molecule has 0 radical (unpaired) electrons. The van der Waals surface area contributed by atoms with Crippen molar-refractivity contribution in [3.8, 4) is 5.75 Å². The lowest BCUT2D eigenvalue weighted by molar-refractivity contribution is -0.139. The Morgan fingerprint density at radius 1 is 0.950 bits per heavy atom. The van der Waals surface area contributed by atoms with E-state index in [1.165, 1.54) is 38.1 Å². The van der Waals surface area contributed by atoms with Gasteiger partial charge in [-0.2, -0.15) is 4.39 Å². The number of carbonyl (C=O) groups excluding carboxylic acids is 5. The topological polar surface area (TPSA) is 168 Å². The third-order valence-electron chi connectivity index (χ3n) is 5.57. The van der Waals surface area contributed by atoms with Crippen molar-refractivity contribution in [2.75, 3.05) is 11.9 Å². The minimum atomic E-state index is -1.55. The Balaban J connectivity index is 2.02. The number of carboxylic acid groups (broad SMARTS) is 1. The van der Waals surface area contributed by atoms with Gasteiger partial charge in [-0.25, -0.2) is 8.78 Å². The lowest BCUT2D eigenvalue weighted by Gasteiger charge is -2.21. The van der Waals surface area contributed by atoms with Gasteiger partial charge in [0.05, 0.1) is 6.04 Å². The van der Waals surface area contributed by atoms with Crippen LogP contribution in [0.2, 0.25) is 0 Å². The number of Topliss-reactive ketones (excluding diaryl/α,β-unsaturated/α-hetero) is 2. The van der Waals surface area contributed by atoms with Crippen LogP contribution in [-0.4, -0.2) is 59.1 Å². The molecule has 0 fully saturated rings. The predicted octanol–water partition coefficient (Wildman–Crippen LogP) is 2.06. The zero-order valence-corrected chi connectivity index (χ0v) is 21.6. The van der Waals surface area contributed by atoms with Crippen LogP contribution in [-0.2, 0) is 24.0 Å². The maximum absolute atomic E-state index is 14.0. The zero-order chi connectivity index (χ0) is 30.1. The summed E-state index contributed by atoms with van der Waals surface area (Å²) in [6.45, 7) is 2.65. The van der Waals surface area contributed by atoms with Crippen LogP contribution in [0, 0.1) is 24.4 Å². The molecular formula is C26H26F3N3O8. The first kappa shape index (κ1) is 31.5. The molecule has 2 aromatic carbocycles. The van der Waals surface area contributed by atoms with Crippen molar-refractivity contribution in [2.45, 2.75) is 45.7 Å². The summed E-state index contributed by atoms with van der Waals surface area (Å²) in [7, 11) is 0. The molecule has 0 aromatic heterocycles. The van der Waals surface area contributed by atoms with E-state index in [-0.39, 0.29) is 11.5 Å². The van der Waals surface area contributed by atoms with Crippen LogP contribution < -0.4 is 20.7 Å². The standard InChI is InChI=1S/C26H26F3N3O8/c1-12-17(27)10-18(28)22(29)23(12)40-11-20(34)19(8-9-21(35)36)32-24(37)13(2)30-25(38)26(39)31-16-6-4-15(5-7-16)14(3)33/h4-7,10,13,19H,8-9,11H2,1-3H3,(H,30,38)(H,31,39)(H,32,37)(H,35,36)/t13-,19-/m0/s1. The summed E-state index contributed by atoms with van der Waals surface area (Å²) in [5.74, 6) is -10.9. The number of amides is 3. The van der Waals surface area contributed by atoms with E-state index in [9.17, 15) is 41.9 Å². The molecule has 0 heterocycles. The highest BCUT2D eigenvalue weighted by Gasteiger charge is 2.27. The number of benzene rings is 2. The molecule has 0 spiro atoms. The molecule has 0 saturated carbocycles. The molecule has 11 nitrogen and oxygen atoms in total. The summed E-state index contributed by atoms with van der Waals surface area (Å²) in [6, 6.07) is 3.08. The molecule has 40 heavy (non-hydrogen) atoms. The average Bonchev–Trinajstić information content (AvgIpc) is 2.89. The number of carboxylic acids is 1. The zero-order valence-electron chi connectivity index (χ0n) is 21.6. The molecule has 0 bridgehead atoms. The van der Waals surface area contributed by atoms with Gasteiger partial charge in [-0.15, -0.1) is 0 Å². The Morgan fingerprint density at radius 2 is 1.57 bits per heavy atom. The molecular weight excluding hydrogens is 539 g/mol. The molecule has 0 aliphatic heterocycles. The number of halogens is 3. The normalized spacial score (nSPS) is 12.1. The Morgan fingerprint density at radius 3 is 2.15 bits per heavy atom. The highest BCUT2D eigenvalue weighted by molar-refractivity contribution is 6.40. The fourth-order valence-corrected chi connectivity index (χ4v) is 3.26. The summed E-state index contributed by atoms with van der Waals surface area (Å²) < 4.78 is 46.2. The molecule has 2 rings (SSSR count). The van der Waals surface area contributed by atoms with Crippen LogP contribution in [0.3, 0.4) is 0 Å². The first-order chi connectivity index (χ1) is 18.7. The molecule has 0 unspecified atom stereocenters. The molecule has 0 aliphatic carbocycles. The predicted molar refractivity (Wildman–Crippen MR) is 133 cm³/mol. The third-order valence-corrected chi connectivity index (χ3v) is 5.57. The van der Waals surface area contributed by atoms with Gasteiger partial charge in [0.15, 0.2) is 23.1 Å². The number of aliphatic carboxylic acids is 1. The van der Waals surface area contributed by atoms with E-state index in [4.69, 9.17) is 9.84 Å². The number of ether oxygens (including phenoxy) is 1. The molecule has 2 aromatic rings. The molecule has 214 valence electrons. The summed E-state index contributed by atoms with van der Waals surface area (Å²) in [5.41, 5.74) is 0.169. The second-order valence-corrected chi connectivity index (χ2v) is 8.64. The summed E-state index contributed by atoms with van der Waals surface area (Å²) >= 11 is 0. The van der Waals surface area contributed by atoms with Crippen molar-refractivity contribution < 1.29 is 51.8 Å². The number of anilines is 1. The van der Waals surface area contributed by atoms with Gasteiger partial charge in [-0.1, -0.05) is 0 Å². The molecule has 4 N–H and O–H groups in total. The highest BCUT2D eigenvalue weighted by Crippen LogP contribution is 2.27. The average molecular weight is 566 g/mol. The van der Waals surface area contributed by atoms with Gasteiger partial charge in [-0.3, -0.25) is 28.8 Å². The van der Waals surface area contributed by atoms with Crippen LogP contribution in [0.25, 0.3) is 0 Å². The van der Waals surface area contributed by atoms with E-state index in [1.807, 2.05) is 0 Å². The minimum Gasteiger partial charge on any atom is -0.482 e. The number of nitrogens with one attached hydrogen (secondary N) is 3. The second kappa shape index (κ2) is 13.9. The quantitative estimate of drug-likeness (QED) is 0.172. The van der Waals surface area contributed by atoms with E-state index < -0.39 is 89.8 Å². The van der Waals surface area contributed by atoms with Crippen LogP contribution in [0.5, 0.6) is 5.75 Å². The van der Waals surface area contributed by atoms with Gasteiger partial charge in [0.25, 0.3) is 0 Å². The largest absolute Gasteiger partial charge is 0.482 e. The Bertz CT molecular complexity index is 1310. The molecule has 2 atom stereocenters. The van der Waals surface area contributed by atoms with Crippen LogP contribution >= 0.6 is 0 Å². The van der Waals surface area contributed by atoms with Gasteiger partial charge in [0.1, 0.15) is 18.5 Å². The SMILES string of the molecule is CC(=O)c1ccc(NC(=O)C(=O)N[C@@H](C)C(=O)N[C@@H](CCC(=O)O)C(=O)COc2c(C)c(F)cc(F)c2F)cc1. The number of carbonyl (C=O) groups is 6. The molecule has 3 amide bonds. The maximum atomic E-state index is 14.0. The number of hydrogen-bond donors (Lipinski definition) is 4. The van der Waals surface area contributed by atoms with Crippen molar-refractivity contribution >= 4 is 40.9 Å². The lowest BCUT2D eigenvalue weighted by Crippen LogP contribution is -2.52. The van der Waals surface area contributed by atoms with Gasteiger partial charge < -0.3 is 25.8 Å². The van der Waals surface area contributed by atoms with E-state index >= 15 is 0 Å². The van der Waals surface area contributed by atoms with Crippen molar-refractivity contribution in [1.82, 2.24) is 10.6 Å². The van der Waals surface area contributed by atoms with Crippen LogP contribution in [0.15, 0.2) is 30.3 Å². The molecule has 14 heteroatoms. The lowest BCUT2D eigenvalue weighted by atomic mass is 10.1. The fourth-order valence-electron chi connectivity index (χ4n) is 3.26. The van der Waals surface area contributed by atoms with Crippen molar-refractivity contribution in [3.05, 3.63) is 58.9 Å². The highest BCUT2D eigenvalue weighted by atomic mass is 19.2. The summed E-state index contributed by atoms with van der Waals surface area (Å²) in [4.78, 5) is 72.0. The monoisotopic (exact) mass is 565 g/mol. The molecule has 0 aliphatic rings. The fraction of sp³-hybridized carbons (Fsp3) is 0.308. The van der Waals surface area contributed by atoms with Crippen LogP contribution in [0.1, 0.15) is 42.6 Å². The maximum Gasteiger partial charge on any atom is 0.313 e. The third kappa shape index (κ3) is 8.64. The second-order valence-electron chi connectivity index (χ2n) is 8.64. The smallest absolute Gasteiger partial charge is 0.313 e. The first-order valence-electron chi connectivity index (χ1n) is 11.8. The van der Waals surface area contributed by atoms with Crippen molar-refractivity contribution in [2.24, 2.45) is 0 Å². The van der Waals surface area contributed by atoms with Gasteiger partial charge in [0, 0.05) is 29.3 Å². The number of ketones is 2. The number of rotatable bonds is 12. The van der Waals surface area contributed by atoms with Gasteiger partial charge in [0.2, 0.25) is 11.7 Å². The van der Waals surface area contributed by atoms with Gasteiger partial charge >= 0.3 is 17.8 Å². The molecule has 0 saturated heterocycles. The van der Waals surface area contributed by atoms with E-state index in [2.05, 4.69) is 16.0 Å². The Hall–Kier alpha value is -4.75. The van der Waals surface area contributed by atoms with Crippen molar-refractivity contribution in [3.63, 3.8) is 0 Å². The van der Waals surface area contributed by atoms with Gasteiger partial charge in [-0.05, 0) is 51.5 Å². The number of hydrogen-bond acceptors (Lipinski definition) is 7. The Kier molecular flexibility index (Phi) is 10.9. The van der Waals surface area contributed by atoms with E-state index in [0.29, 0.717) is 11.6 Å². The van der Waals surface area contributed by atoms with Crippen molar-refractivity contribution in [1.29, 1.82) is 0 Å². The Labute approximate surface area is 226 Å². The summed E-state index contributed by atoms with van der Waals surface area (Å²) in [6.07, 6.45) is -1.01. The van der Waals surface area contributed by atoms with E-state index in [1.54, 1.807) is 0 Å². The first-order valence-corrected chi connectivity index (χ1v) is 11.8.